The first-order chi connectivity index (χ1) is 9.11. The summed E-state index contributed by atoms with van der Waals surface area (Å²) in [5, 5.41) is 9.11. The smallest absolute Gasteiger partial charge is 0.349 e. The summed E-state index contributed by atoms with van der Waals surface area (Å²) in [6.07, 6.45) is 2.81. The SMILES string of the molecule is CCCc1cc(OCC(=O)N2CCC2)c(C(=O)O)s1. The van der Waals surface area contributed by atoms with Crippen LogP contribution in [0.3, 0.4) is 0 Å². The Bertz CT molecular complexity index is 479. The number of carboxylic acids is 1. The average Bonchev–Trinajstić information content (AvgIpc) is 2.68. The molecule has 0 unspecified atom stereocenters. The number of ether oxygens (including phenoxy) is 1. The van der Waals surface area contributed by atoms with Gasteiger partial charge >= 0.3 is 5.97 Å². The summed E-state index contributed by atoms with van der Waals surface area (Å²) in [7, 11) is 0. The Morgan fingerprint density at radius 2 is 2.21 bits per heavy atom. The molecule has 1 amide bonds. The van der Waals surface area contributed by atoms with Gasteiger partial charge in [-0.2, -0.15) is 0 Å². The van der Waals surface area contributed by atoms with Crippen molar-refractivity contribution in [2.24, 2.45) is 0 Å². The van der Waals surface area contributed by atoms with E-state index in [2.05, 4.69) is 0 Å². The zero-order chi connectivity index (χ0) is 13.8. The summed E-state index contributed by atoms with van der Waals surface area (Å²) < 4.78 is 5.38. The predicted octanol–water partition coefficient (Wildman–Crippen LogP) is 2.01. The number of rotatable bonds is 6. The second-order valence-corrected chi connectivity index (χ2v) is 5.62. The van der Waals surface area contributed by atoms with Crippen molar-refractivity contribution in [2.75, 3.05) is 19.7 Å². The monoisotopic (exact) mass is 283 g/mol. The van der Waals surface area contributed by atoms with Crippen molar-refractivity contribution >= 4 is 23.2 Å². The van der Waals surface area contributed by atoms with E-state index in [4.69, 9.17) is 9.84 Å². The Labute approximate surface area is 115 Å². The lowest BCUT2D eigenvalue weighted by Gasteiger charge is -2.30. The van der Waals surface area contributed by atoms with Gasteiger partial charge in [0, 0.05) is 18.0 Å². The van der Waals surface area contributed by atoms with Crippen molar-refractivity contribution in [3.63, 3.8) is 0 Å². The van der Waals surface area contributed by atoms with Crippen LogP contribution in [0.2, 0.25) is 0 Å². The first-order valence-electron chi connectivity index (χ1n) is 6.38. The summed E-state index contributed by atoms with van der Waals surface area (Å²) in [5.41, 5.74) is 0. The van der Waals surface area contributed by atoms with Crippen LogP contribution in [-0.2, 0) is 11.2 Å². The fraction of sp³-hybridized carbons (Fsp3) is 0.538. The number of hydrogen-bond donors (Lipinski definition) is 1. The van der Waals surface area contributed by atoms with Gasteiger partial charge in [-0.1, -0.05) is 13.3 Å². The van der Waals surface area contributed by atoms with Gasteiger partial charge in [-0.15, -0.1) is 11.3 Å². The molecule has 5 nitrogen and oxygen atoms in total. The molecular weight excluding hydrogens is 266 g/mol. The van der Waals surface area contributed by atoms with Crippen molar-refractivity contribution in [1.29, 1.82) is 0 Å². The number of nitrogens with zero attached hydrogens (tertiary/aromatic N) is 1. The van der Waals surface area contributed by atoms with Crippen LogP contribution in [0, 0.1) is 0 Å². The van der Waals surface area contributed by atoms with E-state index in [1.54, 1.807) is 11.0 Å². The minimum atomic E-state index is -1.00. The maximum atomic E-state index is 11.7. The molecule has 0 bridgehead atoms. The van der Waals surface area contributed by atoms with Gasteiger partial charge < -0.3 is 14.7 Å². The quantitative estimate of drug-likeness (QED) is 0.867. The van der Waals surface area contributed by atoms with Crippen LogP contribution in [0.25, 0.3) is 0 Å². The van der Waals surface area contributed by atoms with Crippen molar-refractivity contribution in [1.82, 2.24) is 4.90 Å². The lowest BCUT2D eigenvalue weighted by Crippen LogP contribution is -2.44. The van der Waals surface area contributed by atoms with E-state index in [0.29, 0.717) is 5.75 Å². The molecule has 2 heterocycles. The highest BCUT2D eigenvalue weighted by molar-refractivity contribution is 7.14. The van der Waals surface area contributed by atoms with E-state index in [1.165, 1.54) is 11.3 Å². The molecule has 0 aliphatic carbocycles. The molecular formula is C13H17NO4S. The third-order valence-electron chi connectivity index (χ3n) is 3.00. The number of carbonyl (C=O) groups excluding carboxylic acids is 1. The molecule has 0 spiro atoms. The van der Waals surface area contributed by atoms with Crippen molar-refractivity contribution in [3.8, 4) is 5.75 Å². The van der Waals surface area contributed by atoms with E-state index in [-0.39, 0.29) is 17.4 Å². The van der Waals surface area contributed by atoms with Gasteiger partial charge in [0.15, 0.2) is 11.5 Å². The van der Waals surface area contributed by atoms with Crippen LogP contribution in [0.4, 0.5) is 0 Å². The Morgan fingerprint density at radius 3 is 2.74 bits per heavy atom. The Balaban J connectivity index is 2.01. The Morgan fingerprint density at radius 1 is 1.47 bits per heavy atom. The second-order valence-electron chi connectivity index (χ2n) is 4.48. The number of carbonyl (C=O) groups is 2. The van der Waals surface area contributed by atoms with Crippen LogP contribution < -0.4 is 4.74 Å². The summed E-state index contributed by atoms with van der Waals surface area (Å²) in [6.45, 7) is 3.51. The number of hydrogen-bond acceptors (Lipinski definition) is 4. The van der Waals surface area contributed by atoms with Crippen LogP contribution >= 0.6 is 11.3 Å². The highest BCUT2D eigenvalue weighted by atomic mass is 32.1. The van der Waals surface area contributed by atoms with Gasteiger partial charge in [0.2, 0.25) is 0 Å². The maximum Gasteiger partial charge on any atom is 0.349 e. The molecule has 1 aromatic heterocycles. The highest BCUT2D eigenvalue weighted by Gasteiger charge is 2.22. The first kappa shape index (κ1) is 13.9. The van der Waals surface area contributed by atoms with E-state index in [1.807, 2.05) is 6.92 Å². The zero-order valence-corrected chi connectivity index (χ0v) is 11.7. The lowest BCUT2D eigenvalue weighted by atomic mass is 10.2. The third-order valence-corrected chi connectivity index (χ3v) is 4.16. The summed E-state index contributed by atoms with van der Waals surface area (Å²) in [6, 6.07) is 1.74. The van der Waals surface area contributed by atoms with Crippen LogP contribution in [0.5, 0.6) is 5.75 Å². The van der Waals surface area contributed by atoms with Gasteiger partial charge in [0.1, 0.15) is 5.75 Å². The Kier molecular flexibility index (Phi) is 4.42. The molecule has 6 heteroatoms. The number of aromatic carboxylic acids is 1. The molecule has 0 radical (unpaired) electrons. The van der Waals surface area contributed by atoms with Gasteiger partial charge in [0.05, 0.1) is 0 Å². The molecule has 0 aromatic carbocycles. The van der Waals surface area contributed by atoms with Gasteiger partial charge in [-0.05, 0) is 18.9 Å². The van der Waals surface area contributed by atoms with Crippen molar-refractivity contribution < 1.29 is 19.4 Å². The summed E-state index contributed by atoms with van der Waals surface area (Å²) >= 11 is 1.22. The number of aryl methyl sites for hydroxylation is 1. The molecule has 104 valence electrons. The van der Waals surface area contributed by atoms with E-state index in [9.17, 15) is 9.59 Å². The van der Waals surface area contributed by atoms with Crippen molar-refractivity contribution in [3.05, 3.63) is 15.8 Å². The number of thiophene rings is 1. The maximum absolute atomic E-state index is 11.7. The fourth-order valence-corrected chi connectivity index (χ4v) is 2.88. The average molecular weight is 283 g/mol. The molecule has 1 fully saturated rings. The number of amides is 1. The molecule has 0 atom stereocenters. The van der Waals surface area contributed by atoms with E-state index < -0.39 is 5.97 Å². The molecule has 1 N–H and O–H groups in total. The molecule has 2 rings (SSSR count). The summed E-state index contributed by atoms with van der Waals surface area (Å²) in [4.78, 5) is 25.7. The third kappa shape index (κ3) is 3.26. The zero-order valence-electron chi connectivity index (χ0n) is 10.8. The highest BCUT2D eigenvalue weighted by Crippen LogP contribution is 2.30. The molecule has 0 saturated carbocycles. The number of likely N-dealkylation sites (tertiary alicyclic amines) is 1. The molecule has 1 aliphatic heterocycles. The van der Waals surface area contributed by atoms with Crippen LogP contribution in [-0.4, -0.2) is 41.6 Å². The largest absolute Gasteiger partial charge is 0.482 e. The predicted molar refractivity (Wildman–Crippen MR) is 72.0 cm³/mol. The van der Waals surface area contributed by atoms with Gasteiger partial charge in [0.25, 0.3) is 5.91 Å². The topological polar surface area (TPSA) is 66.8 Å². The van der Waals surface area contributed by atoms with Gasteiger partial charge in [-0.25, -0.2) is 4.79 Å². The molecule has 1 aromatic rings. The van der Waals surface area contributed by atoms with Crippen molar-refractivity contribution in [2.45, 2.75) is 26.2 Å². The molecule has 1 aliphatic rings. The van der Waals surface area contributed by atoms with E-state index >= 15 is 0 Å². The summed E-state index contributed by atoms with van der Waals surface area (Å²) in [5.74, 6) is -0.764. The first-order valence-corrected chi connectivity index (χ1v) is 7.20. The van der Waals surface area contributed by atoms with Crippen LogP contribution in [0.1, 0.15) is 34.3 Å². The van der Waals surface area contributed by atoms with Crippen LogP contribution in [0.15, 0.2) is 6.07 Å². The van der Waals surface area contributed by atoms with Gasteiger partial charge in [-0.3, -0.25) is 4.79 Å². The van der Waals surface area contributed by atoms with E-state index in [0.717, 1.165) is 37.2 Å². The normalized spacial score (nSPS) is 14.1. The standard InChI is InChI=1S/C13H17NO4S/c1-2-4-9-7-10(12(19-9)13(16)17)18-8-11(15)14-5-3-6-14/h7H,2-6,8H2,1H3,(H,16,17). The number of carboxylic acid groups (broad SMARTS) is 1. The Hall–Kier alpha value is -1.56. The second kappa shape index (κ2) is 6.06. The lowest BCUT2D eigenvalue weighted by molar-refractivity contribution is -0.136. The molecule has 19 heavy (non-hydrogen) atoms. The molecule has 1 saturated heterocycles. The fourth-order valence-electron chi connectivity index (χ4n) is 1.84. The minimum absolute atomic E-state index is 0.0779. The minimum Gasteiger partial charge on any atom is -0.482 e.